The number of carbonyl (C=O) groups excluding carboxylic acids is 1. The van der Waals surface area contributed by atoms with Crippen LogP contribution in [0.2, 0.25) is 0 Å². The zero-order valence-corrected chi connectivity index (χ0v) is 16.9. The quantitative estimate of drug-likeness (QED) is 0.414. The van der Waals surface area contributed by atoms with Crippen LogP contribution in [0.5, 0.6) is 11.5 Å². The van der Waals surface area contributed by atoms with Gasteiger partial charge in [0.2, 0.25) is 0 Å². The van der Waals surface area contributed by atoms with Gasteiger partial charge in [0.25, 0.3) is 0 Å². The van der Waals surface area contributed by atoms with E-state index in [1.54, 1.807) is 36.4 Å². The molecule has 2 N–H and O–H groups in total. The summed E-state index contributed by atoms with van der Waals surface area (Å²) in [6.07, 6.45) is -0.582. The van der Waals surface area contributed by atoms with Gasteiger partial charge >= 0.3 is 6.09 Å². The van der Waals surface area contributed by atoms with Crippen LogP contribution in [-0.2, 0) is 5.41 Å². The summed E-state index contributed by atoms with van der Waals surface area (Å²) in [6, 6.07) is 28.4. The maximum Gasteiger partial charge on any atom is 0.417 e. The van der Waals surface area contributed by atoms with E-state index in [2.05, 4.69) is 31.3 Å². The van der Waals surface area contributed by atoms with Gasteiger partial charge in [0.1, 0.15) is 11.5 Å². The third-order valence-electron chi connectivity index (χ3n) is 5.38. The highest BCUT2D eigenvalue weighted by Gasteiger charge is 2.22. The SMILES string of the molecule is CC(C)(c1ccccc1)c1ccc(OC(=O)Nc2cccc3ccc(O)cc23)cc1. The first kappa shape index (κ1) is 19.5. The fourth-order valence-electron chi connectivity index (χ4n) is 3.57. The van der Waals surface area contributed by atoms with E-state index in [0.717, 1.165) is 16.3 Å². The molecule has 0 aliphatic heterocycles. The van der Waals surface area contributed by atoms with Crippen LogP contribution in [0.15, 0.2) is 91.0 Å². The summed E-state index contributed by atoms with van der Waals surface area (Å²) in [7, 11) is 0. The number of hydrogen-bond donors (Lipinski definition) is 2. The number of ether oxygens (including phenoxy) is 1. The van der Waals surface area contributed by atoms with Crippen LogP contribution in [0, 0.1) is 0 Å². The molecule has 1 amide bonds. The van der Waals surface area contributed by atoms with Gasteiger partial charge in [0, 0.05) is 10.8 Å². The summed E-state index contributed by atoms with van der Waals surface area (Å²) < 4.78 is 5.46. The van der Waals surface area contributed by atoms with Crippen LogP contribution in [0.25, 0.3) is 10.8 Å². The van der Waals surface area contributed by atoms with Gasteiger partial charge < -0.3 is 9.84 Å². The lowest BCUT2D eigenvalue weighted by Crippen LogP contribution is -2.19. The Morgan fingerprint density at radius 2 is 1.53 bits per heavy atom. The Labute approximate surface area is 175 Å². The van der Waals surface area contributed by atoms with Gasteiger partial charge in [-0.3, -0.25) is 5.32 Å². The minimum absolute atomic E-state index is 0.140. The number of carbonyl (C=O) groups is 1. The molecule has 4 aromatic carbocycles. The second kappa shape index (κ2) is 7.91. The fraction of sp³-hybridized carbons (Fsp3) is 0.115. The largest absolute Gasteiger partial charge is 0.508 e. The smallest absolute Gasteiger partial charge is 0.417 e. The zero-order chi connectivity index (χ0) is 21.1. The third-order valence-corrected chi connectivity index (χ3v) is 5.38. The van der Waals surface area contributed by atoms with E-state index in [9.17, 15) is 9.90 Å². The second-order valence-electron chi connectivity index (χ2n) is 7.74. The molecule has 0 bridgehead atoms. The van der Waals surface area contributed by atoms with E-state index >= 15 is 0 Å². The van der Waals surface area contributed by atoms with Gasteiger partial charge in [0.05, 0.1) is 5.69 Å². The van der Waals surface area contributed by atoms with Crippen LogP contribution < -0.4 is 10.1 Å². The molecule has 0 aromatic heterocycles. The van der Waals surface area contributed by atoms with Crippen molar-refractivity contribution in [3.63, 3.8) is 0 Å². The summed E-state index contributed by atoms with van der Waals surface area (Å²) in [5, 5.41) is 14.2. The van der Waals surface area contributed by atoms with E-state index in [4.69, 9.17) is 4.74 Å². The van der Waals surface area contributed by atoms with Crippen molar-refractivity contribution in [2.75, 3.05) is 5.32 Å². The number of nitrogens with one attached hydrogen (secondary N) is 1. The Morgan fingerprint density at radius 3 is 2.27 bits per heavy atom. The van der Waals surface area contributed by atoms with Crippen molar-refractivity contribution in [3.05, 3.63) is 102 Å². The average Bonchev–Trinajstić information content (AvgIpc) is 2.75. The molecule has 0 unspecified atom stereocenters. The van der Waals surface area contributed by atoms with Crippen molar-refractivity contribution in [1.29, 1.82) is 0 Å². The summed E-state index contributed by atoms with van der Waals surface area (Å²) in [6.45, 7) is 4.33. The molecule has 30 heavy (non-hydrogen) atoms. The molecule has 0 spiro atoms. The minimum atomic E-state index is -0.582. The Morgan fingerprint density at radius 1 is 0.833 bits per heavy atom. The Bertz CT molecular complexity index is 1180. The van der Waals surface area contributed by atoms with Crippen LogP contribution in [0.1, 0.15) is 25.0 Å². The summed E-state index contributed by atoms with van der Waals surface area (Å²) in [5.74, 6) is 0.602. The highest BCUT2D eigenvalue weighted by molar-refractivity contribution is 6.01. The zero-order valence-electron chi connectivity index (χ0n) is 16.9. The highest BCUT2D eigenvalue weighted by atomic mass is 16.6. The molecule has 0 saturated carbocycles. The molecule has 0 fully saturated rings. The average molecular weight is 397 g/mol. The molecule has 0 radical (unpaired) electrons. The number of rotatable bonds is 4. The molecule has 0 aliphatic rings. The van der Waals surface area contributed by atoms with Crippen LogP contribution in [0.4, 0.5) is 10.5 Å². The Balaban J connectivity index is 1.49. The monoisotopic (exact) mass is 397 g/mol. The summed E-state index contributed by atoms with van der Waals surface area (Å²) >= 11 is 0. The van der Waals surface area contributed by atoms with E-state index in [-0.39, 0.29) is 11.2 Å². The third kappa shape index (κ3) is 3.98. The molecule has 4 rings (SSSR count). The molecule has 4 heteroatoms. The van der Waals surface area contributed by atoms with E-state index in [0.29, 0.717) is 11.4 Å². The Kier molecular flexibility index (Phi) is 5.15. The number of hydrogen-bond acceptors (Lipinski definition) is 3. The minimum Gasteiger partial charge on any atom is -0.508 e. The molecule has 0 aliphatic carbocycles. The van der Waals surface area contributed by atoms with Gasteiger partial charge in [-0.05, 0) is 46.8 Å². The number of aromatic hydroxyl groups is 1. The van der Waals surface area contributed by atoms with E-state index in [1.807, 2.05) is 42.5 Å². The van der Waals surface area contributed by atoms with Crippen molar-refractivity contribution in [2.24, 2.45) is 0 Å². The number of anilines is 1. The Hall–Kier alpha value is -3.79. The van der Waals surface area contributed by atoms with Crippen LogP contribution in [0.3, 0.4) is 0 Å². The fourth-order valence-corrected chi connectivity index (χ4v) is 3.57. The topological polar surface area (TPSA) is 58.6 Å². The van der Waals surface area contributed by atoms with Crippen molar-refractivity contribution in [1.82, 2.24) is 0 Å². The predicted molar refractivity (Wildman–Crippen MR) is 120 cm³/mol. The highest BCUT2D eigenvalue weighted by Crippen LogP contribution is 2.32. The summed E-state index contributed by atoms with van der Waals surface area (Å²) in [4.78, 5) is 12.4. The number of fused-ring (bicyclic) bond motifs is 1. The molecule has 0 atom stereocenters. The van der Waals surface area contributed by atoms with Crippen LogP contribution >= 0.6 is 0 Å². The van der Waals surface area contributed by atoms with Crippen molar-refractivity contribution in [3.8, 4) is 11.5 Å². The first-order chi connectivity index (χ1) is 14.4. The van der Waals surface area contributed by atoms with Crippen LogP contribution in [-0.4, -0.2) is 11.2 Å². The van der Waals surface area contributed by atoms with Gasteiger partial charge in [-0.1, -0.05) is 74.5 Å². The first-order valence-electron chi connectivity index (χ1n) is 9.80. The van der Waals surface area contributed by atoms with Crippen molar-refractivity contribution in [2.45, 2.75) is 19.3 Å². The van der Waals surface area contributed by atoms with E-state index < -0.39 is 6.09 Å². The normalized spacial score (nSPS) is 11.3. The lowest BCUT2D eigenvalue weighted by molar-refractivity contribution is 0.215. The molecule has 4 aromatic rings. The van der Waals surface area contributed by atoms with Crippen molar-refractivity contribution >= 4 is 22.6 Å². The van der Waals surface area contributed by atoms with Gasteiger partial charge in [-0.2, -0.15) is 0 Å². The van der Waals surface area contributed by atoms with Gasteiger partial charge in [-0.15, -0.1) is 0 Å². The standard InChI is InChI=1S/C26H23NO3/c1-26(2,19-8-4-3-5-9-19)20-12-15-22(16-13-20)30-25(29)27-24-10-6-7-18-11-14-21(28)17-23(18)24/h3-17,28H,1-2H3,(H,27,29). The lowest BCUT2D eigenvalue weighted by atomic mass is 9.78. The molecule has 0 heterocycles. The molecular formula is C26H23NO3. The number of benzene rings is 4. The number of phenolic OH excluding ortho intramolecular Hbond substituents is 1. The second-order valence-corrected chi connectivity index (χ2v) is 7.74. The molecule has 4 nitrogen and oxygen atoms in total. The molecule has 0 saturated heterocycles. The molecule has 150 valence electrons. The van der Waals surface area contributed by atoms with Gasteiger partial charge in [0.15, 0.2) is 0 Å². The molecular weight excluding hydrogens is 374 g/mol. The number of phenols is 1. The lowest BCUT2D eigenvalue weighted by Gasteiger charge is -2.26. The first-order valence-corrected chi connectivity index (χ1v) is 9.80. The number of amides is 1. The van der Waals surface area contributed by atoms with Gasteiger partial charge in [-0.25, -0.2) is 4.79 Å². The predicted octanol–water partition coefficient (Wildman–Crippen LogP) is 6.48. The maximum atomic E-state index is 12.4. The maximum absolute atomic E-state index is 12.4. The van der Waals surface area contributed by atoms with E-state index in [1.165, 1.54) is 5.56 Å². The van der Waals surface area contributed by atoms with Crippen molar-refractivity contribution < 1.29 is 14.6 Å². The summed E-state index contributed by atoms with van der Waals surface area (Å²) in [5.41, 5.74) is 2.77.